The van der Waals surface area contributed by atoms with E-state index in [1.54, 1.807) is 0 Å². The van der Waals surface area contributed by atoms with Gasteiger partial charge in [-0.05, 0) is 57.0 Å². The summed E-state index contributed by atoms with van der Waals surface area (Å²) in [5.74, 6) is 0.838. The zero-order chi connectivity index (χ0) is 17.0. The van der Waals surface area contributed by atoms with Gasteiger partial charge in [0.2, 0.25) is 5.91 Å². The summed E-state index contributed by atoms with van der Waals surface area (Å²) in [6, 6.07) is 8.34. The van der Waals surface area contributed by atoms with Crippen LogP contribution in [0.3, 0.4) is 0 Å². The third-order valence-corrected chi connectivity index (χ3v) is 4.10. The molecule has 5 nitrogen and oxygen atoms in total. The first kappa shape index (κ1) is 21.7. The van der Waals surface area contributed by atoms with E-state index >= 15 is 0 Å². The smallest absolute Gasteiger partial charge is 0.245 e. The zero-order valence-electron chi connectivity index (χ0n) is 15.2. The Balaban J connectivity index is 0.00000312. The van der Waals surface area contributed by atoms with Crippen LogP contribution >= 0.6 is 12.4 Å². The number of amides is 1. The van der Waals surface area contributed by atoms with Gasteiger partial charge in [-0.3, -0.25) is 9.69 Å². The Morgan fingerprint density at radius 3 is 2.80 bits per heavy atom. The number of nitrogens with one attached hydrogen (secondary N) is 1. The van der Waals surface area contributed by atoms with Crippen LogP contribution < -0.4 is 10.1 Å². The van der Waals surface area contributed by atoms with Gasteiger partial charge >= 0.3 is 0 Å². The van der Waals surface area contributed by atoms with Crippen molar-refractivity contribution in [1.29, 1.82) is 0 Å². The summed E-state index contributed by atoms with van der Waals surface area (Å²) in [5.41, 5.74) is 1.31. The van der Waals surface area contributed by atoms with Crippen LogP contribution in [0, 0.1) is 0 Å². The molecular weight excluding hydrogens is 340 g/mol. The van der Waals surface area contributed by atoms with E-state index in [1.807, 2.05) is 13.0 Å². The molecule has 0 atom stereocenters. The van der Waals surface area contributed by atoms with Crippen LogP contribution in [0.1, 0.15) is 38.2 Å². The molecule has 25 heavy (non-hydrogen) atoms. The van der Waals surface area contributed by atoms with Crippen LogP contribution in [0.25, 0.3) is 0 Å². The summed E-state index contributed by atoms with van der Waals surface area (Å²) in [6.45, 7) is 7.19. The highest BCUT2D eigenvalue weighted by molar-refractivity contribution is 5.85. The van der Waals surface area contributed by atoms with Gasteiger partial charge in [0.05, 0.1) is 6.61 Å². The number of carbonyl (C=O) groups excluding carboxylic acids is 1. The van der Waals surface area contributed by atoms with Crippen molar-refractivity contribution >= 4 is 18.3 Å². The molecule has 1 fully saturated rings. The van der Waals surface area contributed by atoms with E-state index in [4.69, 9.17) is 9.47 Å². The topological polar surface area (TPSA) is 50.8 Å². The van der Waals surface area contributed by atoms with Crippen LogP contribution in [0.2, 0.25) is 0 Å². The Morgan fingerprint density at radius 2 is 2.04 bits per heavy atom. The molecule has 1 aliphatic heterocycles. The van der Waals surface area contributed by atoms with E-state index in [0.717, 1.165) is 18.7 Å². The molecular formula is C19H31ClN2O3. The quantitative estimate of drug-likeness (QED) is 0.643. The molecule has 0 aromatic heterocycles. The van der Waals surface area contributed by atoms with Crippen molar-refractivity contribution in [1.82, 2.24) is 10.2 Å². The number of benzene rings is 1. The number of halogens is 1. The molecule has 1 amide bonds. The predicted octanol–water partition coefficient (Wildman–Crippen LogP) is 3.02. The van der Waals surface area contributed by atoms with Gasteiger partial charge in [0.1, 0.15) is 12.4 Å². The standard InChI is InChI=1S/C19H30N2O3.ClH/c1-2-23-16-19(22)20-10-7-13-24-18-9-6-8-17(14-18)15-21-11-4-3-5-12-21;/h6,8-9,14H,2-5,7,10-13,15-16H2,1H3,(H,20,22);1H. The van der Waals surface area contributed by atoms with E-state index in [9.17, 15) is 4.79 Å². The number of hydrogen-bond donors (Lipinski definition) is 1. The van der Waals surface area contributed by atoms with Crippen molar-refractivity contribution in [2.45, 2.75) is 39.2 Å². The largest absolute Gasteiger partial charge is 0.494 e. The first-order valence-electron chi connectivity index (χ1n) is 9.06. The summed E-state index contributed by atoms with van der Waals surface area (Å²) < 4.78 is 10.8. The predicted molar refractivity (Wildman–Crippen MR) is 102 cm³/mol. The average Bonchev–Trinajstić information content (AvgIpc) is 2.61. The van der Waals surface area contributed by atoms with Crippen molar-refractivity contribution < 1.29 is 14.3 Å². The molecule has 142 valence electrons. The first-order chi connectivity index (χ1) is 11.8. The fourth-order valence-corrected chi connectivity index (χ4v) is 2.85. The molecule has 2 rings (SSSR count). The molecule has 0 bridgehead atoms. The van der Waals surface area contributed by atoms with Gasteiger partial charge in [-0.15, -0.1) is 12.4 Å². The van der Waals surface area contributed by atoms with E-state index in [1.165, 1.54) is 37.9 Å². The summed E-state index contributed by atoms with van der Waals surface area (Å²) >= 11 is 0. The number of hydrogen-bond acceptors (Lipinski definition) is 4. The van der Waals surface area contributed by atoms with Gasteiger partial charge < -0.3 is 14.8 Å². The molecule has 1 heterocycles. The summed E-state index contributed by atoms with van der Waals surface area (Å²) in [6.07, 6.45) is 4.77. The Hall–Kier alpha value is -1.30. The Labute approximate surface area is 157 Å². The van der Waals surface area contributed by atoms with Gasteiger partial charge in [-0.1, -0.05) is 18.6 Å². The van der Waals surface area contributed by atoms with Gasteiger partial charge in [0, 0.05) is 19.7 Å². The minimum Gasteiger partial charge on any atom is -0.494 e. The van der Waals surface area contributed by atoms with Crippen molar-refractivity contribution in [3.8, 4) is 5.75 Å². The van der Waals surface area contributed by atoms with E-state index in [-0.39, 0.29) is 24.9 Å². The van der Waals surface area contributed by atoms with Gasteiger partial charge in [0.15, 0.2) is 0 Å². The number of rotatable bonds is 10. The SMILES string of the molecule is CCOCC(=O)NCCCOc1cccc(CN2CCCCC2)c1.Cl. The molecule has 0 spiro atoms. The molecule has 0 unspecified atom stereocenters. The third kappa shape index (κ3) is 9.10. The molecule has 1 aromatic rings. The number of piperidine rings is 1. The number of ether oxygens (including phenoxy) is 2. The zero-order valence-corrected chi connectivity index (χ0v) is 16.0. The minimum atomic E-state index is -0.0691. The van der Waals surface area contributed by atoms with Crippen LogP contribution in [0.5, 0.6) is 5.75 Å². The van der Waals surface area contributed by atoms with Crippen LogP contribution in [-0.2, 0) is 16.1 Å². The van der Waals surface area contributed by atoms with Gasteiger partial charge in [0.25, 0.3) is 0 Å². The van der Waals surface area contributed by atoms with E-state index in [0.29, 0.717) is 19.8 Å². The van der Waals surface area contributed by atoms with Crippen molar-refractivity contribution in [2.24, 2.45) is 0 Å². The summed E-state index contributed by atoms with van der Waals surface area (Å²) in [7, 11) is 0. The summed E-state index contributed by atoms with van der Waals surface area (Å²) in [5, 5.41) is 2.82. The van der Waals surface area contributed by atoms with Gasteiger partial charge in [-0.25, -0.2) is 0 Å². The molecule has 0 aliphatic carbocycles. The number of likely N-dealkylation sites (tertiary alicyclic amines) is 1. The van der Waals surface area contributed by atoms with E-state index < -0.39 is 0 Å². The van der Waals surface area contributed by atoms with Crippen molar-refractivity contribution in [3.63, 3.8) is 0 Å². The fourth-order valence-electron chi connectivity index (χ4n) is 2.85. The molecule has 1 saturated heterocycles. The molecule has 1 aromatic carbocycles. The van der Waals surface area contributed by atoms with Crippen molar-refractivity contribution in [2.75, 3.05) is 39.5 Å². The molecule has 0 radical (unpaired) electrons. The lowest BCUT2D eigenvalue weighted by molar-refractivity contribution is -0.125. The average molecular weight is 371 g/mol. The maximum absolute atomic E-state index is 11.4. The fraction of sp³-hybridized carbons (Fsp3) is 0.632. The van der Waals surface area contributed by atoms with Crippen LogP contribution in [-0.4, -0.2) is 50.3 Å². The summed E-state index contributed by atoms with van der Waals surface area (Å²) in [4.78, 5) is 13.9. The second-order valence-corrected chi connectivity index (χ2v) is 6.17. The maximum Gasteiger partial charge on any atom is 0.245 e. The molecule has 0 saturated carbocycles. The van der Waals surface area contributed by atoms with Crippen LogP contribution in [0.4, 0.5) is 0 Å². The van der Waals surface area contributed by atoms with Gasteiger partial charge in [-0.2, -0.15) is 0 Å². The second-order valence-electron chi connectivity index (χ2n) is 6.17. The Bertz CT molecular complexity index is 493. The molecule has 1 aliphatic rings. The highest BCUT2D eigenvalue weighted by atomic mass is 35.5. The molecule has 6 heteroatoms. The minimum absolute atomic E-state index is 0. The lowest BCUT2D eigenvalue weighted by Gasteiger charge is -2.26. The maximum atomic E-state index is 11.4. The Kier molecular flexibility index (Phi) is 11.3. The highest BCUT2D eigenvalue weighted by Crippen LogP contribution is 2.17. The van der Waals surface area contributed by atoms with E-state index in [2.05, 4.69) is 28.4 Å². The van der Waals surface area contributed by atoms with Crippen molar-refractivity contribution in [3.05, 3.63) is 29.8 Å². The second kappa shape index (κ2) is 13.0. The lowest BCUT2D eigenvalue weighted by atomic mass is 10.1. The normalized spacial score (nSPS) is 14.6. The molecule has 1 N–H and O–H groups in total. The van der Waals surface area contributed by atoms with Crippen LogP contribution in [0.15, 0.2) is 24.3 Å². The highest BCUT2D eigenvalue weighted by Gasteiger charge is 2.10. The number of carbonyl (C=O) groups is 1. The third-order valence-electron chi connectivity index (χ3n) is 4.10. The monoisotopic (exact) mass is 370 g/mol. The first-order valence-corrected chi connectivity index (χ1v) is 9.06. The Morgan fingerprint density at radius 1 is 1.24 bits per heavy atom. The number of nitrogens with zero attached hydrogens (tertiary/aromatic N) is 1. The lowest BCUT2D eigenvalue weighted by Crippen LogP contribution is -2.29.